The van der Waals surface area contributed by atoms with E-state index in [0.717, 1.165) is 11.3 Å². The topological polar surface area (TPSA) is 147 Å². The molecule has 1 aromatic heterocycles. The molecule has 0 saturated heterocycles. The number of ether oxygens (including phenoxy) is 1. The van der Waals surface area contributed by atoms with Gasteiger partial charge in [0.2, 0.25) is 10.0 Å². The Labute approximate surface area is 175 Å². The molecule has 0 saturated carbocycles. The summed E-state index contributed by atoms with van der Waals surface area (Å²) in [4.78, 5) is 27.3. The van der Waals surface area contributed by atoms with Gasteiger partial charge in [-0.15, -0.1) is 0 Å². The number of sulfonamides is 1. The monoisotopic (exact) mass is 450 g/mol. The summed E-state index contributed by atoms with van der Waals surface area (Å²) in [5.74, 6) is -0.576. The summed E-state index contributed by atoms with van der Waals surface area (Å²) in [5.41, 5.74) is 0.748. The zero-order valence-corrected chi connectivity index (χ0v) is 17.5. The molecule has 0 bridgehead atoms. The number of non-ortho nitro benzene ring substituents is 1. The van der Waals surface area contributed by atoms with Crippen LogP contribution in [0.25, 0.3) is 10.2 Å². The van der Waals surface area contributed by atoms with Gasteiger partial charge in [0, 0.05) is 30.8 Å². The highest BCUT2D eigenvalue weighted by Crippen LogP contribution is 2.21. The number of aromatic nitrogens is 1. The van der Waals surface area contributed by atoms with Crippen LogP contribution in [-0.2, 0) is 21.3 Å². The number of nitro groups is 1. The van der Waals surface area contributed by atoms with Crippen molar-refractivity contribution in [1.82, 2.24) is 4.57 Å². The van der Waals surface area contributed by atoms with Crippen LogP contribution in [0.3, 0.4) is 0 Å². The second-order valence-corrected chi connectivity index (χ2v) is 8.70. The molecule has 0 aliphatic carbocycles. The lowest BCUT2D eigenvalue weighted by Crippen LogP contribution is -2.19. The average molecular weight is 450 g/mol. The van der Waals surface area contributed by atoms with Gasteiger partial charge in [-0.1, -0.05) is 11.3 Å². The van der Waals surface area contributed by atoms with E-state index in [-0.39, 0.29) is 16.1 Å². The fourth-order valence-corrected chi connectivity index (χ4v) is 4.42. The smallest absolute Gasteiger partial charge is 0.279 e. The van der Waals surface area contributed by atoms with E-state index in [4.69, 9.17) is 9.88 Å². The Morgan fingerprint density at radius 1 is 1.27 bits per heavy atom. The number of nitrogens with two attached hydrogens (primary N) is 1. The van der Waals surface area contributed by atoms with Crippen molar-refractivity contribution in [1.29, 1.82) is 0 Å². The molecule has 1 amide bonds. The number of thiazole rings is 1. The van der Waals surface area contributed by atoms with E-state index in [9.17, 15) is 23.3 Å². The van der Waals surface area contributed by atoms with Gasteiger partial charge in [-0.2, -0.15) is 4.99 Å². The van der Waals surface area contributed by atoms with Crippen LogP contribution >= 0.6 is 11.3 Å². The summed E-state index contributed by atoms with van der Waals surface area (Å²) in [6.07, 6.45) is 0. The number of benzene rings is 2. The highest BCUT2D eigenvalue weighted by atomic mass is 32.2. The van der Waals surface area contributed by atoms with Crippen molar-refractivity contribution in [3.63, 3.8) is 0 Å². The van der Waals surface area contributed by atoms with E-state index in [1.54, 1.807) is 10.6 Å². The van der Waals surface area contributed by atoms with Crippen molar-refractivity contribution in [2.45, 2.75) is 18.4 Å². The number of carbonyl (C=O) groups is 1. The molecule has 0 unspecified atom stereocenters. The Morgan fingerprint density at radius 2 is 1.97 bits per heavy atom. The average Bonchev–Trinajstić information content (AvgIpc) is 3.04. The maximum absolute atomic E-state index is 12.6. The minimum absolute atomic E-state index is 0.0403. The maximum atomic E-state index is 12.6. The first-order valence-corrected chi connectivity index (χ1v) is 11.1. The summed E-state index contributed by atoms with van der Waals surface area (Å²) < 4.78 is 31.0. The molecule has 0 radical (unpaired) electrons. The van der Waals surface area contributed by atoms with Crippen molar-refractivity contribution < 1.29 is 22.9 Å². The molecular formula is C18H18N4O6S2. The number of nitrogens with zero attached hydrogens (tertiary/aromatic N) is 3. The van der Waals surface area contributed by atoms with Gasteiger partial charge >= 0.3 is 0 Å². The molecule has 30 heavy (non-hydrogen) atoms. The maximum Gasteiger partial charge on any atom is 0.279 e. The zero-order chi connectivity index (χ0) is 21.9. The Balaban J connectivity index is 2.08. The van der Waals surface area contributed by atoms with Crippen molar-refractivity contribution in [2.75, 3.05) is 13.2 Å². The highest BCUT2D eigenvalue weighted by molar-refractivity contribution is 7.89. The number of carbonyl (C=O) groups excluding carboxylic acids is 1. The van der Waals surface area contributed by atoms with Crippen molar-refractivity contribution in [3.05, 3.63) is 62.9 Å². The van der Waals surface area contributed by atoms with Gasteiger partial charge in [-0.25, -0.2) is 13.6 Å². The Hall–Kier alpha value is -2.93. The summed E-state index contributed by atoms with van der Waals surface area (Å²) in [7, 11) is -3.88. The molecule has 0 spiro atoms. The number of amides is 1. The number of hydrogen-bond donors (Lipinski definition) is 1. The van der Waals surface area contributed by atoms with Gasteiger partial charge < -0.3 is 9.30 Å². The molecule has 158 valence electrons. The number of rotatable bonds is 7. The van der Waals surface area contributed by atoms with Crippen LogP contribution in [0.5, 0.6) is 0 Å². The molecule has 1 heterocycles. The third kappa shape index (κ3) is 4.79. The standard InChI is InChI=1S/C18H18N4O6S2/c1-2-28-10-9-21-15-8-7-14(30(19,26)27)11-16(15)29-18(21)20-17(23)12-3-5-13(6-4-12)22(24)25/h3-8,11H,2,9-10H2,1H3,(H2,19,26,27). The molecule has 10 nitrogen and oxygen atoms in total. The third-order valence-corrected chi connectivity index (χ3v) is 6.12. The Morgan fingerprint density at radius 3 is 2.57 bits per heavy atom. The van der Waals surface area contributed by atoms with E-state index in [2.05, 4.69) is 4.99 Å². The van der Waals surface area contributed by atoms with Gasteiger partial charge in [-0.05, 0) is 37.3 Å². The third-order valence-electron chi connectivity index (χ3n) is 4.17. The van der Waals surface area contributed by atoms with E-state index in [1.165, 1.54) is 36.4 Å². The minimum Gasteiger partial charge on any atom is -0.380 e. The van der Waals surface area contributed by atoms with E-state index < -0.39 is 20.9 Å². The van der Waals surface area contributed by atoms with E-state index in [1.807, 2.05) is 6.92 Å². The summed E-state index contributed by atoms with van der Waals surface area (Å²) in [5, 5.41) is 16.0. The van der Waals surface area contributed by atoms with Crippen LogP contribution < -0.4 is 9.94 Å². The van der Waals surface area contributed by atoms with Gasteiger partial charge in [0.15, 0.2) is 4.80 Å². The van der Waals surface area contributed by atoms with E-state index in [0.29, 0.717) is 34.8 Å². The molecule has 3 aromatic rings. The predicted molar refractivity (Wildman–Crippen MR) is 111 cm³/mol. The number of primary sulfonamides is 1. The lowest BCUT2D eigenvalue weighted by atomic mass is 10.2. The molecular weight excluding hydrogens is 432 g/mol. The van der Waals surface area contributed by atoms with Crippen LogP contribution in [0.15, 0.2) is 52.4 Å². The molecule has 0 aliphatic rings. The number of hydrogen-bond acceptors (Lipinski definition) is 7. The van der Waals surface area contributed by atoms with Gasteiger partial charge in [-0.3, -0.25) is 14.9 Å². The van der Waals surface area contributed by atoms with Crippen LogP contribution in [0, 0.1) is 10.1 Å². The summed E-state index contributed by atoms with van der Waals surface area (Å²) in [6.45, 7) is 3.15. The Kier molecular flexibility index (Phi) is 6.41. The Bertz CT molecular complexity index is 1280. The van der Waals surface area contributed by atoms with Crippen LogP contribution in [0.4, 0.5) is 5.69 Å². The first kappa shape index (κ1) is 21.8. The fourth-order valence-electron chi connectivity index (χ4n) is 2.71. The van der Waals surface area contributed by atoms with Crippen LogP contribution in [-0.4, -0.2) is 37.0 Å². The second-order valence-electron chi connectivity index (χ2n) is 6.13. The second kappa shape index (κ2) is 8.83. The first-order valence-electron chi connectivity index (χ1n) is 8.78. The summed E-state index contributed by atoms with van der Waals surface area (Å²) in [6, 6.07) is 9.56. The van der Waals surface area contributed by atoms with Crippen LogP contribution in [0.2, 0.25) is 0 Å². The van der Waals surface area contributed by atoms with E-state index >= 15 is 0 Å². The summed E-state index contributed by atoms with van der Waals surface area (Å²) >= 11 is 1.13. The molecule has 0 atom stereocenters. The molecule has 0 fully saturated rings. The first-order chi connectivity index (χ1) is 14.2. The fraction of sp³-hybridized carbons (Fsp3) is 0.222. The van der Waals surface area contributed by atoms with Gasteiger partial charge in [0.1, 0.15) is 0 Å². The van der Waals surface area contributed by atoms with Crippen LogP contribution in [0.1, 0.15) is 17.3 Å². The van der Waals surface area contributed by atoms with Crippen molar-refractivity contribution in [3.8, 4) is 0 Å². The quantitative estimate of drug-likeness (QED) is 0.331. The highest BCUT2D eigenvalue weighted by Gasteiger charge is 2.14. The van der Waals surface area contributed by atoms with Gasteiger partial charge in [0.05, 0.1) is 26.6 Å². The minimum atomic E-state index is -3.88. The molecule has 2 aromatic carbocycles. The van der Waals surface area contributed by atoms with Crippen molar-refractivity contribution >= 4 is 43.2 Å². The zero-order valence-electron chi connectivity index (χ0n) is 15.8. The SMILES string of the molecule is CCOCCn1c(=NC(=O)c2ccc([N+](=O)[O-])cc2)sc2cc(S(N)(=O)=O)ccc21. The lowest BCUT2D eigenvalue weighted by molar-refractivity contribution is -0.384. The van der Waals surface area contributed by atoms with Gasteiger partial charge in [0.25, 0.3) is 11.6 Å². The number of nitro benzene ring substituents is 1. The molecule has 2 N–H and O–H groups in total. The largest absolute Gasteiger partial charge is 0.380 e. The normalized spacial score (nSPS) is 12.4. The molecule has 3 rings (SSSR count). The van der Waals surface area contributed by atoms with Crippen molar-refractivity contribution in [2.24, 2.45) is 10.1 Å². The lowest BCUT2D eigenvalue weighted by Gasteiger charge is -2.06. The predicted octanol–water partition coefficient (Wildman–Crippen LogP) is 2.04. The number of fused-ring (bicyclic) bond motifs is 1. The molecule has 12 heteroatoms. The molecule has 0 aliphatic heterocycles.